The monoisotopic (exact) mass is 443 g/mol. The van der Waals surface area contributed by atoms with Gasteiger partial charge in [0.1, 0.15) is 0 Å². The van der Waals surface area contributed by atoms with E-state index in [4.69, 9.17) is 0 Å². The van der Waals surface area contributed by atoms with E-state index in [0.29, 0.717) is 13.0 Å². The average molecular weight is 444 g/mol. The van der Waals surface area contributed by atoms with Crippen LogP contribution in [-0.4, -0.2) is 104 Å². The van der Waals surface area contributed by atoms with Crippen molar-refractivity contribution in [3.8, 4) is 0 Å². The standard InChI is InChI=1S/C25H41N5O2/c1-27(2)25(32)21-30-18-16-29(17-19-30)20-23-8-6-22(7-9-23)10-11-24(31)26-12-15-28-13-4-3-5-14-28/h6-9H,3-5,10-21H2,1-2H3,(H,26,31). The molecule has 0 aromatic heterocycles. The van der Waals surface area contributed by atoms with Gasteiger partial charge in [0.25, 0.3) is 0 Å². The predicted octanol–water partition coefficient (Wildman–Crippen LogP) is 1.43. The smallest absolute Gasteiger partial charge is 0.236 e. The summed E-state index contributed by atoms with van der Waals surface area (Å²) in [4.78, 5) is 32.8. The maximum Gasteiger partial charge on any atom is 0.236 e. The zero-order valence-electron chi connectivity index (χ0n) is 20.0. The summed E-state index contributed by atoms with van der Waals surface area (Å²) in [7, 11) is 3.62. The maximum atomic E-state index is 12.2. The molecule has 32 heavy (non-hydrogen) atoms. The molecule has 0 atom stereocenters. The van der Waals surface area contributed by atoms with Gasteiger partial charge in [0, 0.05) is 66.3 Å². The summed E-state index contributed by atoms with van der Waals surface area (Å²) in [6.07, 6.45) is 5.26. The van der Waals surface area contributed by atoms with Crippen LogP contribution in [0.4, 0.5) is 0 Å². The van der Waals surface area contributed by atoms with E-state index in [-0.39, 0.29) is 11.8 Å². The number of hydrogen-bond donors (Lipinski definition) is 1. The Labute approximate surface area is 193 Å². The van der Waals surface area contributed by atoms with E-state index in [0.717, 1.165) is 52.2 Å². The first-order chi connectivity index (χ1) is 15.5. The number of piperazine rings is 1. The Morgan fingerprint density at radius 2 is 1.47 bits per heavy atom. The lowest BCUT2D eigenvalue weighted by Gasteiger charge is -2.34. The molecule has 178 valence electrons. The summed E-state index contributed by atoms with van der Waals surface area (Å²) in [6.45, 7) is 9.38. The summed E-state index contributed by atoms with van der Waals surface area (Å²) in [6, 6.07) is 8.68. The molecule has 0 aliphatic carbocycles. The zero-order chi connectivity index (χ0) is 22.8. The van der Waals surface area contributed by atoms with E-state index in [1.807, 2.05) is 14.1 Å². The number of hydrogen-bond acceptors (Lipinski definition) is 5. The first-order valence-electron chi connectivity index (χ1n) is 12.2. The van der Waals surface area contributed by atoms with Crippen molar-refractivity contribution in [2.24, 2.45) is 0 Å². The summed E-state index contributed by atoms with van der Waals surface area (Å²) in [5.74, 6) is 0.321. The molecule has 1 aromatic rings. The topological polar surface area (TPSA) is 59.1 Å². The number of nitrogens with one attached hydrogen (secondary N) is 1. The number of carbonyl (C=O) groups excluding carboxylic acids is 2. The SMILES string of the molecule is CN(C)C(=O)CN1CCN(Cc2ccc(CCC(=O)NCCN3CCCCC3)cc2)CC1. The Kier molecular flexibility index (Phi) is 9.96. The van der Waals surface area contributed by atoms with Crippen LogP contribution in [-0.2, 0) is 22.6 Å². The van der Waals surface area contributed by atoms with Gasteiger partial charge < -0.3 is 15.1 Å². The molecule has 0 saturated carbocycles. The molecule has 7 heteroatoms. The third-order valence-corrected chi connectivity index (χ3v) is 6.59. The lowest BCUT2D eigenvalue weighted by Crippen LogP contribution is -2.48. The molecule has 0 spiro atoms. The fraction of sp³-hybridized carbons (Fsp3) is 0.680. The van der Waals surface area contributed by atoms with Crippen LogP contribution in [0.25, 0.3) is 0 Å². The minimum atomic E-state index is 0.150. The molecule has 2 aliphatic heterocycles. The van der Waals surface area contributed by atoms with Gasteiger partial charge in [-0.05, 0) is 43.5 Å². The van der Waals surface area contributed by atoms with Crippen molar-refractivity contribution in [3.05, 3.63) is 35.4 Å². The summed E-state index contributed by atoms with van der Waals surface area (Å²) < 4.78 is 0. The van der Waals surface area contributed by atoms with Gasteiger partial charge in [-0.2, -0.15) is 0 Å². The van der Waals surface area contributed by atoms with Crippen molar-refractivity contribution in [1.29, 1.82) is 0 Å². The first kappa shape index (κ1) is 24.7. The van der Waals surface area contributed by atoms with Gasteiger partial charge in [0.2, 0.25) is 11.8 Å². The number of rotatable bonds is 10. The normalized spacial score (nSPS) is 18.4. The minimum Gasteiger partial charge on any atom is -0.355 e. The first-order valence-corrected chi connectivity index (χ1v) is 12.2. The van der Waals surface area contributed by atoms with Crippen LogP contribution in [0.3, 0.4) is 0 Å². The lowest BCUT2D eigenvalue weighted by atomic mass is 10.1. The van der Waals surface area contributed by atoms with Crippen LogP contribution in [0.5, 0.6) is 0 Å². The van der Waals surface area contributed by atoms with Crippen molar-refractivity contribution in [2.45, 2.75) is 38.6 Å². The van der Waals surface area contributed by atoms with Gasteiger partial charge in [0.05, 0.1) is 6.54 Å². The molecule has 2 fully saturated rings. The largest absolute Gasteiger partial charge is 0.355 e. The average Bonchev–Trinajstić information content (AvgIpc) is 2.80. The quantitative estimate of drug-likeness (QED) is 0.593. The predicted molar refractivity (Wildman–Crippen MR) is 128 cm³/mol. The number of likely N-dealkylation sites (N-methyl/N-ethyl adjacent to an activating group) is 1. The van der Waals surface area contributed by atoms with Gasteiger partial charge in [-0.1, -0.05) is 30.7 Å². The molecule has 7 nitrogen and oxygen atoms in total. The third-order valence-electron chi connectivity index (χ3n) is 6.59. The van der Waals surface area contributed by atoms with Gasteiger partial charge in [-0.15, -0.1) is 0 Å². The lowest BCUT2D eigenvalue weighted by molar-refractivity contribution is -0.130. The molecule has 1 aromatic carbocycles. The second-order valence-corrected chi connectivity index (χ2v) is 9.41. The van der Waals surface area contributed by atoms with Crippen molar-refractivity contribution >= 4 is 11.8 Å². The maximum absolute atomic E-state index is 12.2. The molecule has 1 N–H and O–H groups in total. The molecular weight excluding hydrogens is 402 g/mol. The van der Waals surface area contributed by atoms with Gasteiger partial charge in [0.15, 0.2) is 0 Å². The fourth-order valence-corrected chi connectivity index (χ4v) is 4.39. The van der Waals surface area contributed by atoms with Crippen molar-refractivity contribution < 1.29 is 9.59 Å². The number of amides is 2. The van der Waals surface area contributed by atoms with Crippen LogP contribution in [0.1, 0.15) is 36.8 Å². The summed E-state index contributed by atoms with van der Waals surface area (Å²) in [5, 5.41) is 3.07. The number of aryl methyl sites for hydroxylation is 1. The number of carbonyl (C=O) groups is 2. The second kappa shape index (κ2) is 12.9. The number of likely N-dealkylation sites (tertiary alicyclic amines) is 1. The van der Waals surface area contributed by atoms with Crippen molar-refractivity contribution in [1.82, 2.24) is 24.9 Å². The molecule has 2 amide bonds. The third kappa shape index (κ3) is 8.52. The second-order valence-electron chi connectivity index (χ2n) is 9.41. The number of piperidine rings is 1. The molecule has 3 rings (SSSR count). The van der Waals surface area contributed by atoms with Crippen LogP contribution in [0.15, 0.2) is 24.3 Å². The Hall–Kier alpha value is -1.96. The highest BCUT2D eigenvalue weighted by molar-refractivity contribution is 5.77. The molecule has 0 unspecified atom stereocenters. The van der Waals surface area contributed by atoms with E-state index in [1.54, 1.807) is 4.90 Å². The molecule has 2 aliphatic rings. The number of nitrogens with zero attached hydrogens (tertiary/aromatic N) is 4. The van der Waals surface area contributed by atoms with Crippen LogP contribution in [0.2, 0.25) is 0 Å². The zero-order valence-corrected chi connectivity index (χ0v) is 20.0. The van der Waals surface area contributed by atoms with E-state index in [2.05, 4.69) is 44.3 Å². The van der Waals surface area contributed by atoms with Crippen LogP contribution >= 0.6 is 0 Å². The summed E-state index contributed by atoms with van der Waals surface area (Å²) in [5.41, 5.74) is 2.52. The molecule has 0 radical (unpaired) electrons. The fourth-order valence-electron chi connectivity index (χ4n) is 4.39. The van der Waals surface area contributed by atoms with E-state index in [9.17, 15) is 9.59 Å². The van der Waals surface area contributed by atoms with Gasteiger partial charge in [-0.3, -0.25) is 19.4 Å². The highest BCUT2D eigenvalue weighted by Crippen LogP contribution is 2.12. The Balaban J connectivity index is 1.30. The molecule has 0 bridgehead atoms. The molecular formula is C25H41N5O2. The van der Waals surface area contributed by atoms with E-state index < -0.39 is 0 Å². The number of benzene rings is 1. The van der Waals surface area contributed by atoms with Gasteiger partial charge >= 0.3 is 0 Å². The van der Waals surface area contributed by atoms with Gasteiger partial charge in [-0.25, -0.2) is 0 Å². The van der Waals surface area contributed by atoms with E-state index in [1.165, 1.54) is 43.5 Å². The minimum absolute atomic E-state index is 0.150. The van der Waals surface area contributed by atoms with Crippen LogP contribution < -0.4 is 5.32 Å². The molecule has 2 heterocycles. The van der Waals surface area contributed by atoms with Crippen molar-refractivity contribution in [2.75, 3.05) is 73.0 Å². The Bertz CT molecular complexity index is 708. The van der Waals surface area contributed by atoms with Crippen LogP contribution in [0, 0.1) is 0 Å². The highest BCUT2D eigenvalue weighted by atomic mass is 16.2. The Morgan fingerprint density at radius 3 is 2.12 bits per heavy atom. The summed E-state index contributed by atoms with van der Waals surface area (Å²) >= 11 is 0. The highest BCUT2D eigenvalue weighted by Gasteiger charge is 2.19. The van der Waals surface area contributed by atoms with E-state index >= 15 is 0 Å². The molecule has 2 saturated heterocycles. The Morgan fingerprint density at radius 1 is 0.844 bits per heavy atom. The van der Waals surface area contributed by atoms with Crippen molar-refractivity contribution in [3.63, 3.8) is 0 Å².